The van der Waals surface area contributed by atoms with E-state index in [-0.39, 0.29) is 0 Å². The molecule has 20 heavy (non-hydrogen) atoms. The van der Waals surface area contributed by atoms with Crippen molar-refractivity contribution in [3.8, 4) is 0 Å². The van der Waals surface area contributed by atoms with E-state index in [1.165, 1.54) is 56.1 Å². The number of piperidine rings is 1. The van der Waals surface area contributed by atoms with Crippen molar-refractivity contribution < 1.29 is 4.48 Å². The highest BCUT2D eigenvalue weighted by Crippen LogP contribution is 2.62. The van der Waals surface area contributed by atoms with Gasteiger partial charge in [0.15, 0.2) is 0 Å². The fourth-order valence-corrected chi connectivity index (χ4v) is 5.01. The molecule has 2 aliphatic rings. The van der Waals surface area contributed by atoms with Gasteiger partial charge in [-0.3, -0.25) is 0 Å². The summed E-state index contributed by atoms with van der Waals surface area (Å²) in [4.78, 5) is 0. The van der Waals surface area contributed by atoms with Crippen molar-refractivity contribution in [3.63, 3.8) is 0 Å². The van der Waals surface area contributed by atoms with Gasteiger partial charge < -0.3 is 4.48 Å². The molecule has 0 bridgehead atoms. The standard InChI is InChI=1S/C19H38N/c1-17(2,3)18(4,5)19(16-10-8-9-11-16)12-14-20(6,7)15-13-19/h16H,8-15H2,1-7H3/q+1. The fourth-order valence-electron chi connectivity index (χ4n) is 5.01. The Morgan fingerprint density at radius 1 is 0.850 bits per heavy atom. The van der Waals surface area contributed by atoms with Crippen molar-refractivity contribution in [2.24, 2.45) is 22.2 Å². The molecule has 2 fully saturated rings. The van der Waals surface area contributed by atoms with Crippen LogP contribution in [0.3, 0.4) is 0 Å². The Bertz CT molecular complexity index is 329. The third-order valence-electron chi connectivity index (χ3n) is 7.58. The average Bonchev–Trinajstić information content (AvgIpc) is 2.81. The molecule has 1 aliphatic carbocycles. The second-order valence-corrected chi connectivity index (χ2v) is 9.90. The van der Waals surface area contributed by atoms with E-state index in [9.17, 15) is 0 Å². The van der Waals surface area contributed by atoms with Crippen molar-refractivity contribution >= 4 is 0 Å². The molecule has 0 N–H and O–H groups in total. The van der Waals surface area contributed by atoms with Crippen molar-refractivity contribution in [1.82, 2.24) is 0 Å². The average molecular weight is 281 g/mol. The first kappa shape index (κ1) is 16.3. The van der Waals surface area contributed by atoms with Crippen LogP contribution in [0, 0.1) is 22.2 Å². The van der Waals surface area contributed by atoms with Gasteiger partial charge in [0.2, 0.25) is 0 Å². The summed E-state index contributed by atoms with van der Waals surface area (Å²) in [6.07, 6.45) is 8.82. The van der Waals surface area contributed by atoms with E-state index in [0.29, 0.717) is 16.2 Å². The maximum atomic E-state index is 2.58. The van der Waals surface area contributed by atoms with Crippen LogP contribution >= 0.6 is 0 Å². The normalized spacial score (nSPS) is 27.8. The van der Waals surface area contributed by atoms with E-state index < -0.39 is 0 Å². The number of quaternary nitrogens is 1. The molecule has 1 nitrogen and oxygen atoms in total. The topological polar surface area (TPSA) is 0 Å². The van der Waals surface area contributed by atoms with E-state index in [1.807, 2.05) is 0 Å². The molecule has 0 amide bonds. The van der Waals surface area contributed by atoms with Gasteiger partial charge in [0, 0.05) is 12.8 Å². The predicted octanol–water partition coefficient (Wildman–Crippen LogP) is 5.11. The summed E-state index contributed by atoms with van der Waals surface area (Å²) < 4.78 is 1.23. The Kier molecular flexibility index (Phi) is 4.09. The lowest BCUT2D eigenvalue weighted by Crippen LogP contribution is -2.59. The van der Waals surface area contributed by atoms with Gasteiger partial charge in [-0.1, -0.05) is 47.5 Å². The zero-order chi connectivity index (χ0) is 15.2. The molecule has 0 radical (unpaired) electrons. The Labute approximate surface area is 127 Å². The first-order valence-electron chi connectivity index (χ1n) is 8.84. The third-order valence-corrected chi connectivity index (χ3v) is 7.58. The molecule has 0 atom stereocenters. The zero-order valence-electron chi connectivity index (χ0n) is 15.2. The highest BCUT2D eigenvalue weighted by atomic mass is 15.3. The Hall–Kier alpha value is -0.0400. The Morgan fingerprint density at radius 3 is 1.70 bits per heavy atom. The molecule has 2 rings (SSSR count). The molecule has 1 heterocycles. The molecule has 0 aromatic heterocycles. The minimum absolute atomic E-state index is 0.393. The minimum atomic E-state index is 0.393. The van der Waals surface area contributed by atoms with Crippen LogP contribution in [0.15, 0.2) is 0 Å². The Morgan fingerprint density at radius 2 is 1.30 bits per heavy atom. The van der Waals surface area contributed by atoms with Gasteiger partial charge in [0.05, 0.1) is 27.2 Å². The fraction of sp³-hybridized carbons (Fsp3) is 1.00. The smallest absolute Gasteiger partial charge is 0.0788 e. The summed E-state index contributed by atoms with van der Waals surface area (Å²) in [5.41, 5.74) is 1.40. The van der Waals surface area contributed by atoms with Gasteiger partial charge in [-0.05, 0) is 35.0 Å². The van der Waals surface area contributed by atoms with Gasteiger partial charge in [-0.2, -0.15) is 0 Å². The lowest BCUT2D eigenvalue weighted by atomic mass is 9.47. The Balaban J connectivity index is 2.35. The van der Waals surface area contributed by atoms with Crippen LogP contribution < -0.4 is 0 Å². The molecule has 0 aromatic rings. The molecule has 1 aliphatic heterocycles. The molecule has 0 unspecified atom stereocenters. The quantitative estimate of drug-likeness (QED) is 0.617. The third kappa shape index (κ3) is 2.56. The molecular formula is C19H38N+. The van der Waals surface area contributed by atoms with Gasteiger partial charge >= 0.3 is 0 Å². The highest BCUT2D eigenvalue weighted by Gasteiger charge is 2.57. The number of hydrogen-bond acceptors (Lipinski definition) is 0. The summed E-state index contributed by atoms with van der Waals surface area (Å²) in [5, 5.41) is 0. The molecule has 1 saturated carbocycles. The predicted molar refractivity (Wildman–Crippen MR) is 88.7 cm³/mol. The van der Waals surface area contributed by atoms with Crippen molar-refractivity contribution in [3.05, 3.63) is 0 Å². The SMILES string of the molecule is CC(C)(C)C(C)(C)C1(C2CCCC2)CC[N+](C)(C)CC1. The molecular weight excluding hydrogens is 242 g/mol. The molecule has 118 valence electrons. The van der Waals surface area contributed by atoms with Gasteiger partial charge in [0.25, 0.3) is 0 Å². The minimum Gasteiger partial charge on any atom is -0.328 e. The second kappa shape index (κ2) is 5.00. The van der Waals surface area contributed by atoms with Gasteiger partial charge in [-0.15, -0.1) is 0 Å². The van der Waals surface area contributed by atoms with Crippen LogP contribution in [0.25, 0.3) is 0 Å². The van der Waals surface area contributed by atoms with Crippen LogP contribution in [0.4, 0.5) is 0 Å². The monoisotopic (exact) mass is 280 g/mol. The zero-order valence-corrected chi connectivity index (χ0v) is 15.2. The van der Waals surface area contributed by atoms with Gasteiger partial charge in [0.1, 0.15) is 0 Å². The first-order valence-corrected chi connectivity index (χ1v) is 8.84. The second-order valence-electron chi connectivity index (χ2n) is 9.90. The molecule has 0 spiro atoms. The number of nitrogens with zero attached hydrogens (tertiary/aromatic N) is 1. The van der Waals surface area contributed by atoms with E-state index >= 15 is 0 Å². The van der Waals surface area contributed by atoms with E-state index in [0.717, 1.165) is 5.92 Å². The lowest BCUT2D eigenvalue weighted by Gasteiger charge is -2.60. The summed E-state index contributed by atoms with van der Waals surface area (Å²) in [5.74, 6) is 0.983. The van der Waals surface area contributed by atoms with E-state index in [4.69, 9.17) is 0 Å². The highest BCUT2D eigenvalue weighted by molar-refractivity contribution is 5.04. The largest absolute Gasteiger partial charge is 0.328 e. The summed E-state index contributed by atoms with van der Waals surface area (Å²) in [6, 6.07) is 0. The number of likely N-dealkylation sites (tertiary alicyclic amines) is 1. The maximum Gasteiger partial charge on any atom is 0.0788 e. The van der Waals surface area contributed by atoms with E-state index in [2.05, 4.69) is 48.7 Å². The lowest BCUT2D eigenvalue weighted by molar-refractivity contribution is -0.898. The van der Waals surface area contributed by atoms with Crippen molar-refractivity contribution in [1.29, 1.82) is 0 Å². The summed E-state index contributed by atoms with van der Waals surface area (Å²) in [6.45, 7) is 15.3. The number of rotatable bonds is 2. The van der Waals surface area contributed by atoms with Crippen LogP contribution in [0.2, 0.25) is 0 Å². The number of hydrogen-bond donors (Lipinski definition) is 0. The molecule has 0 aromatic carbocycles. The van der Waals surface area contributed by atoms with Crippen LogP contribution in [-0.2, 0) is 0 Å². The maximum absolute atomic E-state index is 2.58. The van der Waals surface area contributed by atoms with Crippen molar-refractivity contribution in [2.75, 3.05) is 27.2 Å². The summed E-state index contributed by atoms with van der Waals surface area (Å²) in [7, 11) is 4.84. The van der Waals surface area contributed by atoms with Crippen LogP contribution in [0.1, 0.15) is 73.1 Å². The van der Waals surface area contributed by atoms with Gasteiger partial charge in [-0.25, -0.2) is 0 Å². The van der Waals surface area contributed by atoms with Crippen molar-refractivity contribution in [2.45, 2.75) is 73.1 Å². The van der Waals surface area contributed by atoms with E-state index in [1.54, 1.807) is 0 Å². The molecule has 1 heteroatoms. The summed E-state index contributed by atoms with van der Waals surface area (Å²) >= 11 is 0. The van der Waals surface area contributed by atoms with Crippen LogP contribution in [-0.4, -0.2) is 31.7 Å². The first-order chi connectivity index (χ1) is 9.02. The van der Waals surface area contributed by atoms with Crippen LogP contribution in [0.5, 0.6) is 0 Å². The molecule has 1 saturated heterocycles.